The van der Waals surface area contributed by atoms with E-state index in [9.17, 15) is 4.79 Å². The van der Waals surface area contributed by atoms with E-state index in [1.807, 2.05) is 20.8 Å². The van der Waals surface area contributed by atoms with Gasteiger partial charge >= 0.3 is 5.97 Å². The number of hydrogen-bond donors (Lipinski definition) is 0. The number of ether oxygens (including phenoxy) is 1. The first kappa shape index (κ1) is 32.6. The molecule has 0 aliphatic carbocycles. The van der Waals surface area contributed by atoms with Crippen molar-refractivity contribution in [2.24, 2.45) is 0 Å². The quantitative estimate of drug-likeness (QED) is 0.306. The fourth-order valence-electron chi connectivity index (χ4n) is 5.49. The van der Waals surface area contributed by atoms with Crippen LogP contribution < -0.4 is 12.4 Å². The second-order valence-electron chi connectivity index (χ2n) is 11.5. The highest BCUT2D eigenvalue weighted by Crippen LogP contribution is 2.11. The molecule has 0 radical (unpaired) electrons. The first-order valence-corrected chi connectivity index (χ1v) is 14.1. The van der Waals surface area contributed by atoms with Crippen molar-refractivity contribution >= 4 is 5.97 Å². The monoisotopic (exact) mass is 517 g/mol. The Morgan fingerprint density at radius 3 is 1.71 bits per heavy atom. The van der Waals surface area contributed by atoms with Crippen LogP contribution in [0.15, 0.2) is 0 Å². The Balaban J connectivity index is 0.00000612. The zero-order chi connectivity index (χ0) is 25.0. The third-order valence-electron chi connectivity index (χ3n) is 7.99. The zero-order valence-electron chi connectivity index (χ0n) is 23.9. The number of carbonyl (C=O) groups is 1. The Labute approximate surface area is 223 Å². The number of halogens is 1. The molecule has 0 atom stereocenters. The lowest BCUT2D eigenvalue weighted by Crippen LogP contribution is -3.00. The fraction of sp³-hybridized carbons (Fsp3) is 0.963. The van der Waals surface area contributed by atoms with Crippen LogP contribution >= 0.6 is 0 Å². The summed E-state index contributed by atoms with van der Waals surface area (Å²) >= 11 is 0. The van der Waals surface area contributed by atoms with Gasteiger partial charge in [0.1, 0.15) is 5.60 Å². The highest BCUT2D eigenvalue weighted by molar-refractivity contribution is 5.72. The minimum absolute atomic E-state index is 0. The molecule has 3 rings (SSSR count). The van der Waals surface area contributed by atoms with Crippen molar-refractivity contribution in [3.8, 4) is 0 Å². The van der Waals surface area contributed by atoms with E-state index in [0.29, 0.717) is 6.54 Å². The van der Waals surface area contributed by atoms with Crippen molar-refractivity contribution in [1.82, 2.24) is 19.6 Å². The Bertz CT molecular complexity index is 566. The standard InChI is InChI=1S/C27H56N5O2.ClH/c1-7-32(8-2,9-3)24-12-17-28-13-10-14-29-18-20-30(21-19-29)15-11-16-31(23-22-28)25-26(33)34-27(4,5)6;/h7-25H2,1-6H3;1H/q+1;/p-1. The van der Waals surface area contributed by atoms with Crippen molar-refractivity contribution < 1.29 is 26.4 Å². The van der Waals surface area contributed by atoms with E-state index >= 15 is 0 Å². The smallest absolute Gasteiger partial charge is 0.320 e. The summed E-state index contributed by atoms with van der Waals surface area (Å²) in [6.07, 6.45) is 3.61. The van der Waals surface area contributed by atoms with Crippen molar-refractivity contribution in [2.45, 2.75) is 66.4 Å². The average molecular weight is 518 g/mol. The average Bonchev–Trinajstić information content (AvgIpc) is 2.79. The summed E-state index contributed by atoms with van der Waals surface area (Å²) in [5.74, 6) is -0.0929. The highest BCUT2D eigenvalue weighted by Gasteiger charge is 2.23. The van der Waals surface area contributed by atoms with E-state index in [0.717, 1.165) is 45.7 Å². The molecule has 8 heteroatoms. The van der Waals surface area contributed by atoms with Crippen molar-refractivity contribution in [2.75, 3.05) is 105 Å². The molecule has 3 aliphatic heterocycles. The van der Waals surface area contributed by atoms with Gasteiger partial charge in [-0.15, -0.1) is 0 Å². The molecule has 0 amide bonds. The van der Waals surface area contributed by atoms with Crippen molar-refractivity contribution in [3.05, 3.63) is 0 Å². The maximum absolute atomic E-state index is 12.6. The number of esters is 1. The first-order chi connectivity index (χ1) is 16.2. The van der Waals surface area contributed by atoms with Gasteiger partial charge in [0.05, 0.1) is 32.7 Å². The summed E-state index contributed by atoms with van der Waals surface area (Å²) in [6, 6.07) is 0. The van der Waals surface area contributed by atoms with Gasteiger partial charge in [-0.1, -0.05) is 0 Å². The molecular formula is C27H56ClN5O2. The lowest BCUT2D eigenvalue weighted by molar-refractivity contribution is -0.923. The molecule has 0 saturated carbocycles. The maximum atomic E-state index is 12.6. The number of fused-ring (bicyclic) bond motifs is 11. The largest absolute Gasteiger partial charge is 1.00 e. The van der Waals surface area contributed by atoms with Crippen LogP contribution in [0.1, 0.15) is 60.8 Å². The molecule has 3 heterocycles. The van der Waals surface area contributed by atoms with Gasteiger partial charge in [0.25, 0.3) is 0 Å². The van der Waals surface area contributed by atoms with Gasteiger partial charge in [0.15, 0.2) is 0 Å². The summed E-state index contributed by atoms with van der Waals surface area (Å²) in [5.41, 5.74) is -0.423. The van der Waals surface area contributed by atoms with E-state index in [1.54, 1.807) is 0 Å². The zero-order valence-corrected chi connectivity index (χ0v) is 24.6. The Morgan fingerprint density at radius 2 is 1.23 bits per heavy atom. The molecule has 35 heavy (non-hydrogen) atoms. The first-order valence-electron chi connectivity index (χ1n) is 14.1. The lowest BCUT2D eigenvalue weighted by Gasteiger charge is -2.37. The maximum Gasteiger partial charge on any atom is 0.320 e. The molecule has 3 saturated heterocycles. The van der Waals surface area contributed by atoms with Crippen LogP contribution in [0.2, 0.25) is 0 Å². The van der Waals surface area contributed by atoms with Crippen LogP contribution in [0.4, 0.5) is 0 Å². The third-order valence-corrected chi connectivity index (χ3v) is 7.99. The van der Waals surface area contributed by atoms with Gasteiger partial charge < -0.3 is 36.3 Å². The Kier molecular flexibility index (Phi) is 15.3. The molecule has 0 unspecified atom stereocenters. The lowest BCUT2D eigenvalue weighted by atomic mass is 10.2. The molecule has 3 aliphatic rings. The van der Waals surface area contributed by atoms with Gasteiger partial charge in [-0.3, -0.25) is 9.69 Å². The molecular weight excluding hydrogens is 462 g/mol. The van der Waals surface area contributed by atoms with Crippen molar-refractivity contribution in [3.63, 3.8) is 0 Å². The van der Waals surface area contributed by atoms with Gasteiger partial charge in [0, 0.05) is 58.8 Å². The van der Waals surface area contributed by atoms with E-state index in [4.69, 9.17) is 4.74 Å². The second-order valence-corrected chi connectivity index (χ2v) is 11.5. The number of hydrogen-bond acceptors (Lipinski definition) is 6. The Morgan fingerprint density at radius 1 is 0.743 bits per heavy atom. The molecule has 0 spiro atoms. The SMILES string of the molecule is CC[N+](CC)(CC)CCCN1CCCN2CCN(CCCN(CC(=O)OC(C)(C)C)CC1)CC2.[Cl-]. The summed E-state index contributed by atoms with van der Waals surface area (Å²) < 4.78 is 6.88. The molecule has 2 bridgehead atoms. The van der Waals surface area contributed by atoms with Gasteiger partial charge in [0.2, 0.25) is 0 Å². The van der Waals surface area contributed by atoms with E-state index in [1.165, 1.54) is 76.2 Å². The van der Waals surface area contributed by atoms with Crippen LogP contribution in [0.3, 0.4) is 0 Å². The summed E-state index contributed by atoms with van der Waals surface area (Å²) in [4.78, 5) is 22.9. The fourth-order valence-corrected chi connectivity index (χ4v) is 5.49. The summed E-state index contributed by atoms with van der Waals surface area (Å²) in [6.45, 7) is 30.6. The number of piperazine rings is 1. The molecule has 208 valence electrons. The van der Waals surface area contributed by atoms with Crippen LogP contribution in [0, 0.1) is 0 Å². The normalized spacial score (nSPS) is 23.9. The minimum atomic E-state index is -0.423. The Hall–Kier alpha value is -0.440. The predicted molar refractivity (Wildman–Crippen MR) is 142 cm³/mol. The molecule has 0 aromatic rings. The van der Waals surface area contributed by atoms with Crippen LogP contribution in [0.5, 0.6) is 0 Å². The van der Waals surface area contributed by atoms with Crippen molar-refractivity contribution in [1.29, 1.82) is 0 Å². The number of carbonyl (C=O) groups excluding carboxylic acids is 1. The van der Waals surface area contributed by atoms with Crippen LogP contribution in [0.25, 0.3) is 0 Å². The van der Waals surface area contributed by atoms with Gasteiger partial charge in [-0.25, -0.2) is 0 Å². The highest BCUT2D eigenvalue weighted by atomic mass is 35.5. The van der Waals surface area contributed by atoms with Gasteiger partial charge in [-0.2, -0.15) is 0 Å². The summed E-state index contributed by atoms with van der Waals surface area (Å²) in [5, 5.41) is 0. The predicted octanol–water partition coefficient (Wildman–Crippen LogP) is -0.386. The molecule has 3 fully saturated rings. The minimum Gasteiger partial charge on any atom is -1.00 e. The number of nitrogens with zero attached hydrogens (tertiary/aromatic N) is 5. The van der Waals surface area contributed by atoms with E-state index in [-0.39, 0.29) is 18.4 Å². The van der Waals surface area contributed by atoms with Crippen LogP contribution in [-0.4, -0.2) is 140 Å². The van der Waals surface area contributed by atoms with E-state index in [2.05, 4.69) is 40.4 Å². The molecule has 0 aromatic carbocycles. The van der Waals surface area contributed by atoms with E-state index < -0.39 is 5.60 Å². The molecule has 0 N–H and O–H groups in total. The third kappa shape index (κ3) is 12.6. The van der Waals surface area contributed by atoms with Crippen LogP contribution in [-0.2, 0) is 9.53 Å². The topological polar surface area (TPSA) is 39.3 Å². The second kappa shape index (κ2) is 16.4. The molecule has 0 aromatic heterocycles. The number of quaternary nitrogens is 1. The van der Waals surface area contributed by atoms with Gasteiger partial charge in [-0.05, 0) is 74.0 Å². The summed E-state index contributed by atoms with van der Waals surface area (Å²) in [7, 11) is 0. The molecule has 7 nitrogen and oxygen atoms in total. The number of rotatable bonds is 9.